The maximum atomic E-state index is 12.7. The average Bonchev–Trinajstić information content (AvgIpc) is 3.19. The molecular weight excluding hydrogens is 385 g/mol. The van der Waals surface area contributed by atoms with Gasteiger partial charge >= 0.3 is 0 Å². The average molecular weight is 402 g/mol. The van der Waals surface area contributed by atoms with Crippen molar-refractivity contribution in [3.05, 3.63) is 70.0 Å². The molecule has 0 atom stereocenters. The maximum Gasteiger partial charge on any atom is 0.255 e. The summed E-state index contributed by atoms with van der Waals surface area (Å²) in [5, 5.41) is 4.98. The molecular formula is C20H17Cl2N3O2. The van der Waals surface area contributed by atoms with Crippen molar-refractivity contribution in [3.8, 4) is 11.4 Å². The highest BCUT2D eigenvalue weighted by Crippen LogP contribution is 2.30. The summed E-state index contributed by atoms with van der Waals surface area (Å²) in [5.41, 5.74) is 1.40. The van der Waals surface area contributed by atoms with Crippen LogP contribution < -0.4 is 0 Å². The van der Waals surface area contributed by atoms with E-state index in [2.05, 4.69) is 10.1 Å². The number of aromatic nitrogens is 2. The van der Waals surface area contributed by atoms with Crippen molar-refractivity contribution in [2.24, 2.45) is 0 Å². The van der Waals surface area contributed by atoms with Gasteiger partial charge in [0.25, 0.3) is 5.91 Å². The van der Waals surface area contributed by atoms with E-state index in [1.165, 1.54) is 0 Å². The molecule has 0 aliphatic carbocycles. The van der Waals surface area contributed by atoms with Gasteiger partial charge in [-0.15, -0.1) is 0 Å². The minimum absolute atomic E-state index is 0.0781. The highest BCUT2D eigenvalue weighted by atomic mass is 35.5. The number of nitrogens with zero attached hydrogens (tertiary/aromatic N) is 3. The molecule has 1 amide bonds. The van der Waals surface area contributed by atoms with E-state index in [0.29, 0.717) is 40.4 Å². The number of halogens is 2. The Hall–Kier alpha value is -2.37. The lowest BCUT2D eigenvalue weighted by Gasteiger charge is -2.30. The molecule has 7 heteroatoms. The molecule has 1 aromatic heterocycles. The number of amides is 1. The van der Waals surface area contributed by atoms with Gasteiger partial charge in [0.15, 0.2) is 0 Å². The van der Waals surface area contributed by atoms with E-state index in [1.54, 1.807) is 23.1 Å². The summed E-state index contributed by atoms with van der Waals surface area (Å²) in [4.78, 5) is 19.1. The van der Waals surface area contributed by atoms with E-state index < -0.39 is 0 Å². The Balaban J connectivity index is 1.42. The number of hydrogen-bond donors (Lipinski definition) is 0. The van der Waals surface area contributed by atoms with Crippen LogP contribution in [0.4, 0.5) is 0 Å². The minimum Gasteiger partial charge on any atom is -0.339 e. The summed E-state index contributed by atoms with van der Waals surface area (Å²) in [6, 6.07) is 14.7. The number of carbonyl (C=O) groups excluding carboxylic acids is 1. The zero-order valence-electron chi connectivity index (χ0n) is 14.4. The molecule has 0 spiro atoms. The third kappa shape index (κ3) is 3.84. The number of benzene rings is 2. The van der Waals surface area contributed by atoms with Gasteiger partial charge in [0, 0.05) is 29.6 Å². The molecule has 5 nitrogen and oxygen atoms in total. The summed E-state index contributed by atoms with van der Waals surface area (Å²) in [7, 11) is 0. The molecule has 0 unspecified atom stereocenters. The molecule has 3 aromatic rings. The predicted molar refractivity (Wildman–Crippen MR) is 104 cm³/mol. The molecule has 0 saturated carbocycles. The smallest absolute Gasteiger partial charge is 0.255 e. The van der Waals surface area contributed by atoms with Crippen LogP contribution in [-0.4, -0.2) is 34.0 Å². The van der Waals surface area contributed by atoms with Crippen LogP contribution in [0.5, 0.6) is 0 Å². The molecule has 0 N–H and O–H groups in total. The Morgan fingerprint density at radius 1 is 1.07 bits per heavy atom. The monoisotopic (exact) mass is 401 g/mol. The fourth-order valence-electron chi connectivity index (χ4n) is 3.27. The van der Waals surface area contributed by atoms with E-state index in [1.807, 2.05) is 30.3 Å². The van der Waals surface area contributed by atoms with Crippen LogP contribution >= 0.6 is 23.2 Å². The van der Waals surface area contributed by atoms with Gasteiger partial charge in [-0.1, -0.05) is 58.7 Å². The second-order valence-corrected chi connectivity index (χ2v) is 7.36. The van der Waals surface area contributed by atoms with Crippen LogP contribution in [0.3, 0.4) is 0 Å². The lowest BCUT2D eigenvalue weighted by atomic mass is 9.96. The lowest BCUT2D eigenvalue weighted by molar-refractivity contribution is 0.0704. The highest BCUT2D eigenvalue weighted by Gasteiger charge is 2.28. The Morgan fingerprint density at radius 3 is 2.52 bits per heavy atom. The van der Waals surface area contributed by atoms with Crippen LogP contribution in [0.25, 0.3) is 11.4 Å². The van der Waals surface area contributed by atoms with Gasteiger partial charge in [-0.2, -0.15) is 4.98 Å². The summed E-state index contributed by atoms with van der Waals surface area (Å²) in [6.45, 7) is 1.23. The molecule has 138 valence electrons. The van der Waals surface area contributed by atoms with Gasteiger partial charge in [-0.3, -0.25) is 4.79 Å². The van der Waals surface area contributed by atoms with Crippen LogP contribution in [0.1, 0.15) is 35.0 Å². The molecule has 1 saturated heterocycles. The quantitative estimate of drug-likeness (QED) is 0.614. The summed E-state index contributed by atoms with van der Waals surface area (Å²) >= 11 is 12.1. The molecule has 0 radical (unpaired) electrons. The molecule has 1 fully saturated rings. The Kier molecular flexibility index (Phi) is 5.14. The van der Waals surface area contributed by atoms with Crippen molar-refractivity contribution in [3.63, 3.8) is 0 Å². The van der Waals surface area contributed by atoms with Crippen molar-refractivity contribution in [2.45, 2.75) is 18.8 Å². The zero-order valence-corrected chi connectivity index (χ0v) is 16.0. The first kappa shape index (κ1) is 18.0. The van der Waals surface area contributed by atoms with Gasteiger partial charge < -0.3 is 9.42 Å². The Labute approximate surface area is 166 Å². The maximum absolute atomic E-state index is 12.7. The number of carbonyl (C=O) groups is 1. The lowest BCUT2D eigenvalue weighted by Crippen LogP contribution is -2.38. The molecule has 1 aliphatic rings. The summed E-state index contributed by atoms with van der Waals surface area (Å²) < 4.78 is 5.47. The van der Waals surface area contributed by atoms with Crippen LogP contribution in [0.2, 0.25) is 10.0 Å². The number of likely N-dealkylation sites (tertiary alicyclic amines) is 1. The molecule has 2 aromatic carbocycles. The van der Waals surface area contributed by atoms with Crippen molar-refractivity contribution in [2.75, 3.05) is 13.1 Å². The normalized spacial score (nSPS) is 15.1. The third-order valence-electron chi connectivity index (χ3n) is 4.77. The van der Waals surface area contributed by atoms with E-state index in [4.69, 9.17) is 27.7 Å². The summed E-state index contributed by atoms with van der Waals surface area (Å²) in [5.74, 6) is 1.30. The summed E-state index contributed by atoms with van der Waals surface area (Å²) in [6.07, 6.45) is 1.54. The number of piperidine rings is 1. The molecule has 1 aliphatic heterocycles. The van der Waals surface area contributed by atoms with E-state index >= 15 is 0 Å². The van der Waals surface area contributed by atoms with Gasteiger partial charge in [-0.25, -0.2) is 0 Å². The van der Waals surface area contributed by atoms with Crippen LogP contribution in [-0.2, 0) is 0 Å². The first-order valence-electron chi connectivity index (χ1n) is 8.75. The molecule has 0 bridgehead atoms. The predicted octanol–water partition coefficient (Wildman–Crippen LogP) is 5.06. The number of hydrogen-bond acceptors (Lipinski definition) is 4. The number of rotatable bonds is 3. The molecule has 2 heterocycles. The standard InChI is InChI=1S/C20H17Cl2N3O2/c21-15-6-7-16(17(22)12-15)20(26)25-10-8-14(9-11-25)19-23-18(24-27-19)13-4-2-1-3-5-13/h1-7,12,14H,8-11H2. The van der Waals surface area contributed by atoms with Crippen molar-refractivity contribution >= 4 is 29.1 Å². The van der Waals surface area contributed by atoms with Gasteiger partial charge in [0.2, 0.25) is 11.7 Å². The molecule has 4 rings (SSSR count). The second kappa shape index (κ2) is 7.71. The third-order valence-corrected chi connectivity index (χ3v) is 5.31. The van der Waals surface area contributed by atoms with Crippen molar-refractivity contribution in [1.29, 1.82) is 0 Å². The first-order chi connectivity index (χ1) is 13.1. The minimum atomic E-state index is -0.0781. The van der Waals surface area contributed by atoms with Crippen molar-refractivity contribution < 1.29 is 9.32 Å². The fraction of sp³-hybridized carbons (Fsp3) is 0.250. The van der Waals surface area contributed by atoms with E-state index in [-0.39, 0.29) is 11.8 Å². The van der Waals surface area contributed by atoms with Gasteiger partial charge in [0.05, 0.1) is 10.6 Å². The Morgan fingerprint density at radius 2 is 1.81 bits per heavy atom. The molecule has 27 heavy (non-hydrogen) atoms. The van der Waals surface area contributed by atoms with Gasteiger partial charge in [-0.05, 0) is 31.0 Å². The van der Waals surface area contributed by atoms with Crippen LogP contribution in [0, 0.1) is 0 Å². The Bertz CT molecular complexity index is 951. The van der Waals surface area contributed by atoms with Crippen LogP contribution in [0.15, 0.2) is 53.1 Å². The van der Waals surface area contributed by atoms with Crippen molar-refractivity contribution in [1.82, 2.24) is 15.0 Å². The van der Waals surface area contributed by atoms with E-state index in [9.17, 15) is 4.79 Å². The highest BCUT2D eigenvalue weighted by molar-refractivity contribution is 6.36. The van der Waals surface area contributed by atoms with Gasteiger partial charge in [0.1, 0.15) is 0 Å². The fourth-order valence-corrected chi connectivity index (χ4v) is 3.76. The zero-order chi connectivity index (χ0) is 18.8. The topological polar surface area (TPSA) is 59.2 Å². The SMILES string of the molecule is O=C(c1ccc(Cl)cc1Cl)N1CCC(c2nc(-c3ccccc3)no2)CC1. The second-order valence-electron chi connectivity index (χ2n) is 6.51. The first-order valence-corrected chi connectivity index (χ1v) is 9.51. The van der Waals surface area contributed by atoms with E-state index in [0.717, 1.165) is 18.4 Å². The largest absolute Gasteiger partial charge is 0.339 e.